The number of benzene rings is 1. The summed E-state index contributed by atoms with van der Waals surface area (Å²) in [7, 11) is 0. The van der Waals surface area contributed by atoms with Crippen LogP contribution in [0.1, 0.15) is 126 Å². The van der Waals surface area contributed by atoms with E-state index in [0.29, 0.717) is 13.2 Å². The SMILES string of the molecule is CCCCCCCCCCCCCCCCCCOCc1ccc(O)c(C(=O)O)c1. The van der Waals surface area contributed by atoms with E-state index in [-0.39, 0.29) is 11.3 Å². The first-order valence-electron chi connectivity index (χ1n) is 12.3. The van der Waals surface area contributed by atoms with Crippen LogP contribution in [0.15, 0.2) is 18.2 Å². The standard InChI is InChI=1S/C26H44O4/c1-2-3-4-5-6-7-8-9-10-11-12-13-14-15-16-17-20-30-22-23-18-19-25(27)24(21-23)26(28)29/h18-19,21,27H,2-17,20,22H2,1H3,(H,28,29). The number of carboxylic acid groups (broad SMARTS) is 1. The lowest BCUT2D eigenvalue weighted by atomic mass is 10.0. The normalized spacial score (nSPS) is 11.1. The van der Waals surface area contributed by atoms with Gasteiger partial charge < -0.3 is 14.9 Å². The average molecular weight is 421 g/mol. The molecule has 0 heterocycles. The van der Waals surface area contributed by atoms with Gasteiger partial charge in [0.25, 0.3) is 0 Å². The molecule has 0 radical (unpaired) electrons. The van der Waals surface area contributed by atoms with Crippen LogP contribution in [-0.4, -0.2) is 22.8 Å². The van der Waals surface area contributed by atoms with E-state index in [0.717, 1.165) is 12.0 Å². The van der Waals surface area contributed by atoms with Gasteiger partial charge in [-0.2, -0.15) is 0 Å². The number of aromatic carboxylic acids is 1. The van der Waals surface area contributed by atoms with Gasteiger partial charge in [0.15, 0.2) is 0 Å². The Hall–Kier alpha value is -1.55. The van der Waals surface area contributed by atoms with Crippen LogP contribution in [0, 0.1) is 0 Å². The number of aromatic hydroxyl groups is 1. The molecule has 1 aromatic rings. The van der Waals surface area contributed by atoms with Crippen molar-refractivity contribution in [3.8, 4) is 5.75 Å². The lowest BCUT2D eigenvalue weighted by Crippen LogP contribution is -2.00. The van der Waals surface area contributed by atoms with Gasteiger partial charge in [-0.1, -0.05) is 109 Å². The fourth-order valence-electron chi connectivity index (χ4n) is 3.79. The van der Waals surface area contributed by atoms with E-state index in [9.17, 15) is 9.90 Å². The molecule has 0 atom stereocenters. The van der Waals surface area contributed by atoms with Crippen molar-refractivity contribution in [2.75, 3.05) is 6.61 Å². The number of hydrogen-bond acceptors (Lipinski definition) is 3. The van der Waals surface area contributed by atoms with Crippen LogP contribution in [0.4, 0.5) is 0 Å². The van der Waals surface area contributed by atoms with E-state index in [4.69, 9.17) is 9.84 Å². The highest BCUT2D eigenvalue weighted by Gasteiger charge is 2.09. The van der Waals surface area contributed by atoms with E-state index in [1.807, 2.05) is 0 Å². The first-order valence-corrected chi connectivity index (χ1v) is 12.3. The molecule has 4 heteroatoms. The first kappa shape index (κ1) is 26.5. The maximum absolute atomic E-state index is 11.0. The van der Waals surface area contributed by atoms with Crippen molar-refractivity contribution in [3.05, 3.63) is 29.3 Å². The molecule has 0 saturated carbocycles. The van der Waals surface area contributed by atoms with Gasteiger partial charge in [0, 0.05) is 6.61 Å². The van der Waals surface area contributed by atoms with E-state index < -0.39 is 5.97 Å². The second-order valence-electron chi connectivity index (χ2n) is 8.51. The molecule has 4 nitrogen and oxygen atoms in total. The minimum atomic E-state index is -1.12. The largest absolute Gasteiger partial charge is 0.507 e. The van der Waals surface area contributed by atoms with E-state index in [1.165, 1.54) is 108 Å². The molecule has 1 rings (SSSR count). The van der Waals surface area contributed by atoms with Crippen molar-refractivity contribution in [3.63, 3.8) is 0 Å². The molecule has 0 fully saturated rings. The Morgan fingerprint density at radius 1 is 0.767 bits per heavy atom. The Balaban J connectivity index is 1.84. The summed E-state index contributed by atoms with van der Waals surface area (Å²) in [6, 6.07) is 4.59. The fraction of sp³-hybridized carbons (Fsp3) is 0.731. The zero-order valence-corrected chi connectivity index (χ0v) is 19.2. The number of unbranched alkanes of at least 4 members (excludes halogenated alkanes) is 15. The first-order chi connectivity index (χ1) is 14.6. The van der Waals surface area contributed by atoms with Crippen LogP contribution in [0.3, 0.4) is 0 Å². The number of rotatable bonds is 20. The highest BCUT2D eigenvalue weighted by molar-refractivity contribution is 5.90. The molecule has 0 saturated heterocycles. The maximum atomic E-state index is 11.0. The lowest BCUT2D eigenvalue weighted by molar-refractivity contribution is 0.0693. The van der Waals surface area contributed by atoms with Gasteiger partial charge in [-0.3, -0.25) is 0 Å². The third kappa shape index (κ3) is 13.6. The van der Waals surface area contributed by atoms with Crippen molar-refractivity contribution in [2.45, 2.75) is 116 Å². The van der Waals surface area contributed by atoms with Gasteiger partial charge >= 0.3 is 5.97 Å². The molecule has 0 aromatic heterocycles. The smallest absolute Gasteiger partial charge is 0.339 e. The molecule has 0 bridgehead atoms. The third-order valence-electron chi connectivity index (χ3n) is 5.70. The molecular formula is C26H44O4. The molecule has 0 spiro atoms. The Kier molecular flexibility index (Phi) is 16.1. The molecule has 0 aliphatic carbocycles. The fourth-order valence-corrected chi connectivity index (χ4v) is 3.79. The molecule has 172 valence electrons. The minimum Gasteiger partial charge on any atom is -0.507 e. The summed E-state index contributed by atoms with van der Waals surface area (Å²) in [6.07, 6.45) is 21.6. The molecule has 0 unspecified atom stereocenters. The summed E-state index contributed by atoms with van der Waals surface area (Å²) in [5.74, 6) is -1.32. The number of hydrogen-bond donors (Lipinski definition) is 2. The molecule has 30 heavy (non-hydrogen) atoms. The lowest BCUT2D eigenvalue weighted by Gasteiger charge is -2.07. The molecular weight excluding hydrogens is 376 g/mol. The van der Waals surface area contributed by atoms with Crippen molar-refractivity contribution in [1.29, 1.82) is 0 Å². The van der Waals surface area contributed by atoms with Crippen LogP contribution in [0.5, 0.6) is 5.75 Å². The van der Waals surface area contributed by atoms with E-state index in [1.54, 1.807) is 6.07 Å². The Bertz CT molecular complexity index is 556. The molecule has 0 aliphatic heterocycles. The zero-order chi connectivity index (χ0) is 21.9. The van der Waals surface area contributed by atoms with Gasteiger partial charge in [-0.15, -0.1) is 0 Å². The van der Waals surface area contributed by atoms with Gasteiger partial charge in [-0.05, 0) is 24.1 Å². The topological polar surface area (TPSA) is 66.8 Å². The van der Waals surface area contributed by atoms with Crippen LogP contribution < -0.4 is 0 Å². The van der Waals surface area contributed by atoms with E-state index in [2.05, 4.69) is 6.92 Å². The minimum absolute atomic E-state index is 0.0708. The zero-order valence-electron chi connectivity index (χ0n) is 19.2. The van der Waals surface area contributed by atoms with Crippen molar-refractivity contribution < 1.29 is 19.7 Å². The van der Waals surface area contributed by atoms with E-state index >= 15 is 0 Å². The summed E-state index contributed by atoms with van der Waals surface area (Å²) in [6.45, 7) is 3.36. The second-order valence-corrected chi connectivity index (χ2v) is 8.51. The second kappa shape index (κ2) is 18.2. The van der Waals surface area contributed by atoms with Gasteiger partial charge in [0.1, 0.15) is 11.3 Å². The molecule has 2 N–H and O–H groups in total. The number of ether oxygens (including phenoxy) is 1. The molecule has 0 aliphatic rings. The molecule has 1 aromatic carbocycles. The summed E-state index contributed by atoms with van der Waals surface area (Å²) < 4.78 is 5.64. The molecule has 0 amide bonds. The van der Waals surface area contributed by atoms with Crippen molar-refractivity contribution in [1.82, 2.24) is 0 Å². The monoisotopic (exact) mass is 420 g/mol. The van der Waals surface area contributed by atoms with Crippen LogP contribution >= 0.6 is 0 Å². The average Bonchev–Trinajstić information content (AvgIpc) is 2.73. The van der Waals surface area contributed by atoms with Gasteiger partial charge in [-0.25, -0.2) is 4.79 Å². The number of carboxylic acids is 1. The van der Waals surface area contributed by atoms with Gasteiger partial charge in [0.2, 0.25) is 0 Å². The number of carbonyl (C=O) groups is 1. The number of phenols is 1. The highest BCUT2D eigenvalue weighted by Crippen LogP contribution is 2.19. The van der Waals surface area contributed by atoms with Crippen LogP contribution in [-0.2, 0) is 11.3 Å². The summed E-state index contributed by atoms with van der Waals surface area (Å²) >= 11 is 0. The van der Waals surface area contributed by atoms with Crippen molar-refractivity contribution >= 4 is 5.97 Å². The third-order valence-corrected chi connectivity index (χ3v) is 5.70. The maximum Gasteiger partial charge on any atom is 0.339 e. The van der Waals surface area contributed by atoms with Crippen LogP contribution in [0.2, 0.25) is 0 Å². The summed E-state index contributed by atoms with van der Waals surface area (Å²) in [5, 5.41) is 18.5. The Morgan fingerprint density at radius 2 is 1.23 bits per heavy atom. The Labute approximate surface area is 184 Å². The van der Waals surface area contributed by atoms with Gasteiger partial charge in [0.05, 0.1) is 6.61 Å². The van der Waals surface area contributed by atoms with Crippen LogP contribution in [0.25, 0.3) is 0 Å². The summed E-state index contributed by atoms with van der Waals surface area (Å²) in [4.78, 5) is 11.0. The predicted octanol–water partition coefficient (Wildman–Crippen LogP) is 7.87. The predicted molar refractivity (Wildman–Crippen MR) is 124 cm³/mol. The quantitative estimate of drug-likeness (QED) is 0.211. The highest BCUT2D eigenvalue weighted by atomic mass is 16.5. The Morgan fingerprint density at radius 3 is 1.70 bits per heavy atom. The summed E-state index contributed by atoms with van der Waals surface area (Å²) in [5.41, 5.74) is 0.709. The van der Waals surface area contributed by atoms with Crippen molar-refractivity contribution in [2.24, 2.45) is 0 Å².